The lowest BCUT2D eigenvalue weighted by Crippen LogP contribution is -2.29. The van der Waals surface area contributed by atoms with E-state index in [1.165, 1.54) is 0 Å². The average molecular weight is 293 g/mol. The Labute approximate surface area is 127 Å². The van der Waals surface area contributed by atoms with Crippen LogP contribution in [0, 0.1) is 12.8 Å². The Morgan fingerprint density at radius 1 is 1.52 bits per heavy atom. The molecule has 0 aromatic carbocycles. The van der Waals surface area contributed by atoms with Gasteiger partial charge in [0, 0.05) is 51.0 Å². The number of methoxy groups -OCH3 is 1. The number of carbonyl (C=O) groups is 1. The Bertz CT molecular complexity index is 482. The maximum absolute atomic E-state index is 12.2. The number of nitrogens with zero attached hydrogens (tertiary/aromatic N) is 3. The van der Waals surface area contributed by atoms with Crippen LogP contribution in [-0.2, 0) is 16.1 Å². The normalized spacial score (nSPS) is 18.7. The average Bonchev–Trinajstić information content (AvgIpc) is 3.02. The Morgan fingerprint density at radius 2 is 2.29 bits per heavy atom. The van der Waals surface area contributed by atoms with Crippen molar-refractivity contribution in [2.75, 3.05) is 26.8 Å². The van der Waals surface area contributed by atoms with Crippen molar-refractivity contribution in [2.45, 2.75) is 46.1 Å². The second-order valence-electron chi connectivity index (χ2n) is 6.33. The topological polar surface area (TPSA) is 47.4 Å². The molecule has 0 N–H and O–H groups in total. The molecular weight excluding hydrogens is 266 g/mol. The van der Waals surface area contributed by atoms with Crippen LogP contribution in [-0.4, -0.2) is 47.2 Å². The van der Waals surface area contributed by atoms with Gasteiger partial charge in [-0.3, -0.25) is 4.79 Å². The Morgan fingerprint density at radius 3 is 2.95 bits per heavy atom. The van der Waals surface area contributed by atoms with Crippen molar-refractivity contribution in [2.24, 2.45) is 5.92 Å². The van der Waals surface area contributed by atoms with E-state index in [1.807, 2.05) is 11.1 Å². The van der Waals surface area contributed by atoms with E-state index < -0.39 is 0 Å². The number of rotatable bonds is 6. The molecule has 1 amide bonds. The minimum atomic E-state index is 0.277. The molecule has 1 aromatic rings. The van der Waals surface area contributed by atoms with Crippen LogP contribution in [0.4, 0.5) is 0 Å². The van der Waals surface area contributed by atoms with E-state index in [0.717, 1.165) is 37.6 Å². The van der Waals surface area contributed by atoms with Crippen molar-refractivity contribution in [3.63, 3.8) is 0 Å². The van der Waals surface area contributed by atoms with E-state index in [1.54, 1.807) is 7.11 Å². The van der Waals surface area contributed by atoms with Crippen molar-refractivity contribution in [1.29, 1.82) is 0 Å². The van der Waals surface area contributed by atoms with Crippen LogP contribution in [0.15, 0.2) is 6.20 Å². The molecular formula is C16H27N3O2. The van der Waals surface area contributed by atoms with Gasteiger partial charge in [0.15, 0.2) is 0 Å². The zero-order chi connectivity index (χ0) is 15.4. The van der Waals surface area contributed by atoms with Crippen molar-refractivity contribution >= 4 is 5.91 Å². The highest BCUT2D eigenvalue weighted by Gasteiger charge is 2.30. The van der Waals surface area contributed by atoms with E-state index in [-0.39, 0.29) is 5.91 Å². The van der Waals surface area contributed by atoms with Crippen LogP contribution in [0.5, 0.6) is 0 Å². The maximum atomic E-state index is 12.2. The summed E-state index contributed by atoms with van der Waals surface area (Å²) in [6.45, 7) is 9.42. The number of likely N-dealkylation sites (tertiary alicyclic amines) is 1. The molecule has 1 fully saturated rings. The second-order valence-corrected chi connectivity index (χ2v) is 6.33. The molecule has 1 saturated heterocycles. The number of ether oxygens (including phenoxy) is 1. The third kappa shape index (κ3) is 3.84. The van der Waals surface area contributed by atoms with Gasteiger partial charge in [-0.1, -0.05) is 13.8 Å². The van der Waals surface area contributed by atoms with Crippen molar-refractivity contribution in [1.82, 2.24) is 14.5 Å². The molecule has 0 aliphatic carbocycles. The number of amides is 1. The molecule has 1 aromatic heterocycles. The number of hydrogen-bond donors (Lipinski definition) is 0. The van der Waals surface area contributed by atoms with E-state index >= 15 is 0 Å². The highest BCUT2D eigenvalue weighted by molar-refractivity contribution is 5.76. The van der Waals surface area contributed by atoms with Crippen LogP contribution < -0.4 is 0 Å². The van der Waals surface area contributed by atoms with Crippen LogP contribution in [0.25, 0.3) is 0 Å². The zero-order valence-corrected chi connectivity index (χ0v) is 13.6. The minimum absolute atomic E-state index is 0.277. The van der Waals surface area contributed by atoms with Gasteiger partial charge in [-0.25, -0.2) is 4.98 Å². The predicted molar refractivity (Wildman–Crippen MR) is 82.2 cm³/mol. The lowest BCUT2D eigenvalue weighted by Gasteiger charge is -2.18. The van der Waals surface area contributed by atoms with E-state index in [4.69, 9.17) is 4.74 Å². The number of hydrogen-bond acceptors (Lipinski definition) is 3. The first-order valence-electron chi connectivity index (χ1n) is 7.81. The summed E-state index contributed by atoms with van der Waals surface area (Å²) >= 11 is 0. The number of aryl methyl sites for hydroxylation is 1. The lowest BCUT2D eigenvalue weighted by molar-refractivity contribution is -0.130. The number of aromatic nitrogens is 2. The third-order valence-electron chi connectivity index (χ3n) is 4.09. The van der Waals surface area contributed by atoms with Gasteiger partial charge >= 0.3 is 0 Å². The highest BCUT2D eigenvalue weighted by Crippen LogP contribution is 2.27. The Balaban J connectivity index is 2.02. The zero-order valence-electron chi connectivity index (χ0n) is 13.6. The van der Waals surface area contributed by atoms with Gasteiger partial charge in [0.25, 0.3) is 0 Å². The van der Waals surface area contributed by atoms with Gasteiger partial charge in [0.1, 0.15) is 5.82 Å². The Hall–Kier alpha value is -1.36. The molecule has 0 radical (unpaired) electrons. The molecule has 21 heavy (non-hydrogen) atoms. The van der Waals surface area contributed by atoms with Crippen LogP contribution >= 0.6 is 0 Å². The van der Waals surface area contributed by atoms with Crippen molar-refractivity contribution in [3.05, 3.63) is 17.7 Å². The van der Waals surface area contributed by atoms with E-state index in [0.29, 0.717) is 24.9 Å². The fourth-order valence-electron chi connectivity index (χ4n) is 2.95. The molecule has 118 valence electrons. The largest absolute Gasteiger partial charge is 0.383 e. The van der Waals surface area contributed by atoms with Crippen LogP contribution in [0.1, 0.15) is 44.1 Å². The molecule has 0 bridgehead atoms. The lowest BCUT2D eigenvalue weighted by atomic mass is 10.1. The summed E-state index contributed by atoms with van der Waals surface area (Å²) in [5.41, 5.74) is 1.16. The number of imidazole rings is 1. The number of carbonyl (C=O) groups excluding carboxylic acids is 1. The summed E-state index contributed by atoms with van der Waals surface area (Å²) < 4.78 is 7.40. The first-order chi connectivity index (χ1) is 10.0. The predicted octanol–water partition coefficient (Wildman–Crippen LogP) is 2.20. The monoisotopic (exact) mass is 293 g/mol. The molecule has 1 aliphatic rings. The first kappa shape index (κ1) is 16.0. The molecule has 1 unspecified atom stereocenters. The minimum Gasteiger partial charge on any atom is -0.383 e. The van der Waals surface area contributed by atoms with Gasteiger partial charge in [-0.15, -0.1) is 0 Å². The molecule has 2 heterocycles. The SMILES string of the molecule is COCCn1c(C)cnc1C1CCN(C(=O)CC(C)C)C1. The summed E-state index contributed by atoms with van der Waals surface area (Å²) in [4.78, 5) is 18.7. The van der Waals surface area contributed by atoms with E-state index in [9.17, 15) is 4.79 Å². The maximum Gasteiger partial charge on any atom is 0.222 e. The Kier molecular flexibility index (Phi) is 5.39. The van der Waals surface area contributed by atoms with Gasteiger partial charge in [0.05, 0.1) is 6.61 Å². The summed E-state index contributed by atoms with van der Waals surface area (Å²) in [6.07, 6.45) is 3.57. The molecule has 0 spiro atoms. The summed E-state index contributed by atoms with van der Waals surface area (Å²) in [5, 5.41) is 0. The highest BCUT2D eigenvalue weighted by atomic mass is 16.5. The smallest absolute Gasteiger partial charge is 0.222 e. The molecule has 2 rings (SSSR count). The van der Waals surface area contributed by atoms with Crippen LogP contribution in [0.2, 0.25) is 0 Å². The van der Waals surface area contributed by atoms with E-state index in [2.05, 4.69) is 30.3 Å². The van der Waals surface area contributed by atoms with Gasteiger partial charge < -0.3 is 14.2 Å². The fourth-order valence-corrected chi connectivity index (χ4v) is 2.95. The molecule has 1 atom stereocenters. The summed E-state index contributed by atoms with van der Waals surface area (Å²) in [7, 11) is 1.72. The van der Waals surface area contributed by atoms with Crippen molar-refractivity contribution in [3.8, 4) is 0 Å². The fraction of sp³-hybridized carbons (Fsp3) is 0.750. The molecule has 5 nitrogen and oxygen atoms in total. The summed E-state index contributed by atoms with van der Waals surface area (Å²) in [5.74, 6) is 2.15. The quantitative estimate of drug-likeness (QED) is 0.808. The third-order valence-corrected chi connectivity index (χ3v) is 4.09. The van der Waals surface area contributed by atoms with Gasteiger partial charge in [-0.05, 0) is 19.3 Å². The second kappa shape index (κ2) is 7.07. The van der Waals surface area contributed by atoms with Crippen LogP contribution in [0.3, 0.4) is 0 Å². The molecule has 1 aliphatic heterocycles. The summed E-state index contributed by atoms with van der Waals surface area (Å²) in [6, 6.07) is 0. The standard InChI is InChI=1S/C16H27N3O2/c1-12(2)9-15(20)18-6-5-14(11-18)16-17-10-13(3)19(16)7-8-21-4/h10,12,14H,5-9,11H2,1-4H3. The van der Waals surface area contributed by atoms with Gasteiger partial charge in [0.2, 0.25) is 5.91 Å². The first-order valence-corrected chi connectivity index (χ1v) is 7.81. The molecule has 5 heteroatoms. The van der Waals surface area contributed by atoms with Crippen molar-refractivity contribution < 1.29 is 9.53 Å². The van der Waals surface area contributed by atoms with Gasteiger partial charge in [-0.2, -0.15) is 0 Å². The molecule has 0 saturated carbocycles.